The number of hydrogen-bond donors (Lipinski definition) is 0. The van der Waals surface area contributed by atoms with Gasteiger partial charge in [0.2, 0.25) is 0 Å². The number of benzene rings is 1. The Kier molecular flexibility index (Phi) is 4.84. The van der Waals surface area contributed by atoms with Crippen molar-refractivity contribution in [2.24, 2.45) is 10.8 Å². The third-order valence-electron chi connectivity index (χ3n) is 2.81. The summed E-state index contributed by atoms with van der Waals surface area (Å²) < 4.78 is 5.53. The lowest BCUT2D eigenvalue weighted by Crippen LogP contribution is -2.10. The Labute approximate surface area is 118 Å². The Balaban J connectivity index is 2.99. The average molecular weight is 260 g/mol. The van der Waals surface area contributed by atoms with E-state index in [1.54, 1.807) is 7.11 Å². The highest BCUT2D eigenvalue weighted by Crippen LogP contribution is 2.29. The standard InChI is InChI=1S/C18H28O/c1-17(2,3)11-10-14-8-9-15(13-18(4,5)6)16(12-14)19-7/h8-12H,13H2,1-7H3/b11-10+. The van der Waals surface area contributed by atoms with Gasteiger partial charge >= 0.3 is 0 Å². The summed E-state index contributed by atoms with van der Waals surface area (Å²) in [7, 11) is 1.75. The van der Waals surface area contributed by atoms with Gasteiger partial charge in [0, 0.05) is 0 Å². The minimum atomic E-state index is 0.206. The van der Waals surface area contributed by atoms with Crippen LogP contribution >= 0.6 is 0 Å². The number of rotatable bonds is 3. The maximum atomic E-state index is 5.53. The van der Waals surface area contributed by atoms with Crippen molar-refractivity contribution in [3.63, 3.8) is 0 Å². The SMILES string of the molecule is COc1cc(/C=C/C(C)(C)C)ccc1CC(C)(C)C. The van der Waals surface area contributed by atoms with Crippen LogP contribution in [0.3, 0.4) is 0 Å². The molecule has 0 fully saturated rings. The minimum absolute atomic E-state index is 0.206. The first kappa shape index (κ1) is 15.8. The van der Waals surface area contributed by atoms with E-state index in [-0.39, 0.29) is 10.8 Å². The van der Waals surface area contributed by atoms with Gasteiger partial charge in [-0.1, -0.05) is 65.8 Å². The monoisotopic (exact) mass is 260 g/mol. The molecule has 1 aromatic rings. The number of allylic oxidation sites excluding steroid dienone is 1. The summed E-state index contributed by atoms with van der Waals surface area (Å²) in [6, 6.07) is 6.49. The normalized spacial score (nSPS) is 13.0. The van der Waals surface area contributed by atoms with Crippen molar-refractivity contribution in [1.82, 2.24) is 0 Å². The van der Waals surface area contributed by atoms with Gasteiger partial charge in [-0.15, -0.1) is 0 Å². The van der Waals surface area contributed by atoms with Gasteiger partial charge in [0.15, 0.2) is 0 Å². The summed E-state index contributed by atoms with van der Waals surface area (Å²) in [5, 5.41) is 0. The first-order valence-electron chi connectivity index (χ1n) is 6.97. The summed E-state index contributed by atoms with van der Waals surface area (Å²) in [6.45, 7) is 13.4. The molecular formula is C18H28O. The van der Waals surface area contributed by atoms with Gasteiger partial charge in [0.25, 0.3) is 0 Å². The predicted molar refractivity (Wildman–Crippen MR) is 84.6 cm³/mol. The van der Waals surface area contributed by atoms with Crippen LogP contribution in [0.5, 0.6) is 5.75 Å². The highest BCUT2D eigenvalue weighted by molar-refractivity contribution is 5.54. The highest BCUT2D eigenvalue weighted by atomic mass is 16.5. The molecule has 0 bridgehead atoms. The van der Waals surface area contributed by atoms with Crippen molar-refractivity contribution in [3.8, 4) is 5.75 Å². The lowest BCUT2D eigenvalue weighted by Gasteiger charge is -2.20. The summed E-state index contributed by atoms with van der Waals surface area (Å²) >= 11 is 0. The molecular weight excluding hydrogens is 232 g/mol. The molecule has 1 heteroatoms. The Morgan fingerprint density at radius 1 is 1.05 bits per heavy atom. The van der Waals surface area contributed by atoms with Gasteiger partial charge in [-0.05, 0) is 34.4 Å². The van der Waals surface area contributed by atoms with E-state index >= 15 is 0 Å². The van der Waals surface area contributed by atoms with Crippen molar-refractivity contribution >= 4 is 6.08 Å². The second kappa shape index (κ2) is 5.81. The van der Waals surface area contributed by atoms with Crippen LogP contribution in [-0.4, -0.2) is 7.11 Å². The number of ether oxygens (including phenoxy) is 1. The molecule has 1 nitrogen and oxygen atoms in total. The van der Waals surface area contributed by atoms with Crippen LogP contribution in [-0.2, 0) is 6.42 Å². The second-order valence-corrected chi connectivity index (χ2v) is 7.51. The minimum Gasteiger partial charge on any atom is -0.496 e. The summed E-state index contributed by atoms with van der Waals surface area (Å²) in [6.07, 6.45) is 5.42. The van der Waals surface area contributed by atoms with E-state index in [0.29, 0.717) is 0 Å². The third-order valence-corrected chi connectivity index (χ3v) is 2.81. The van der Waals surface area contributed by atoms with Gasteiger partial charge in [0.05, 0.1) is 7.11 Å². The van der Waals surface area contributed by atoms with E-state index in [9.17, 15) is 0 Å². The average Bonchev–Trinajstić information content (AvgIpc) is 2.24. The zero-order valence-corrected chi connectivity index (χ0v) is 13.5. The second-order valence-electron chi connectivity index (χ2n) is 7.51. The molecule has 0 aromatic heterocycles. The smallest absolute Gasteiger partial charge is 0.122 e. The Bertz CT molecular complexity index is 442. The summed E-state index contributed by atoms with van der Waals surface area (Å²) in [5.74, 6) is 0.992. The molecule has 0 N–H and O–H groups in total. The molecule has 1 rings (SSSR count). The van der Waals surface area contributed by atoms with Crippen molar-refractivity contribution in [2.75, 3.05) is 7.11 Å². The molecule has 0 atom stereocenters. The molecule has 0 aliphatic rings. The highest BCUT2D eigenvalue weighted by Gasteiger charge is 2.14. The van der Waals surface area contributed by atoms with Gasteiger partial charge in [-0.3, -0.25) is 0 Å². The molecule has 0 spiro atoms. The van der Waals surface area contributed by atoms with Gasteiger partial charge in [-0.2, -0.15) is 0 Å². The van der Waals surface area contributed by atoms with Crippen molar-refractivity contribution < 1.29 is 4.74 Å². The molecule has 0 radical (unpaired) electrons. The lowest BCUT2D eigenvalue weighted by molar-refractivity contribution is 0.379. The maximum Gasteiger partial charge on any atom is 0.122 e. The summed E-state index contributed by atoms with van der Waals surface area (Å²) in [5.41, 5.74) is 2.96. The zero-order chi connectivity index (χ0) is 14.7. The molecule has 19 heavy (non-hydrogen) atoms. The van der Waals surface area contributed by atoms with E-state index < -0.39 is 0 Å². The first-order valence-corrected chi connectivity index (χ1v) is 6.97. The van der Waals surface area contributed by atoms with Gasteiger partial charge in [0.1, 0.15) is 5.75 Å². The van der Waals surface area contributed by atoms with Crippen LogP contribution in [0.1, 0.15) is 52.7 Å². The molecule has 0 saturated carbocycles. The number of hydrogen-bond acceptors (Lipinski definition) is 1. The van der Waals surface area contributed by atoms with Crippen LogP contribution < -0.4 is 4.74 Å². The molecule has 0 aliphatic carbocycles. The molecule has 0 heterocycles. The van der Waals surface area contributed by atoms with E-state index in [1.807, 2.05) is 0 Å². The van der Waals surface area contributed by atoms with E-state index in [2.05, 4.69) is 71.9 Å². The molecule has 0 amide bonds. The molecule has 0 unspecified atom stereocenters. The third kappa shape index (κ3) is 5.96. The molecule has 0 saturated heterocycles. The predicted octanol–water partition coefficient (Wildman–Crippen LogP) is 5.34. The van der Waals surface area contributed by atoms with Gasteiger partial charge < -0.3 is 4.74 Å². The van der Waals surface area contributed by atoms with Crippen LogP contribution in [0.15, 0.2) is 24.3 Å². The van der Waals surface area contributed by atoms with Crippen molar-refractivity contribution in [3.05, 3.63) is 35.4 Å². The van der Waals surface area contributed by atoms with Crippen LogP contribution in [0, 0.1) is 10.8 Å². The van der Waals surface area contributed by atoms with Crippen molar-refractivity contribution in [1.29, 1.82) is 0 Å². The lowest BCUT2D eigenvalue weighted by atomic mass is 9.87. The van der Waals surface area contributed by atoms with Gasteiger partial charge in [-0.25, -0.2) is 0 Å². The fourth-order valence-electron chi connectivity index (χ4n) is 1.93. The maximum absolute atomic E-state index is 5.53. The van der Waals surface area contributed by atoms with Crippen LogP contribution in [0.2, 0.25) is 0 Å². The number of methoxy groups -OCH3 is 1. The quantitative estimate of drug-likeness (QED) is 0.712. The fourth-order valence-corrected chi connectivity index (χ4v) is 1.93. The molecule has 0 aliphatic heterocycles. The van der Waals surface area contributed by atoms with Crippen molar-refractivity contribution in [2.45, 2.75) is 48.0 Å². The van der Waals surface area contributed by atoms with E-state index in [1.165, 1.54) is 11.1 Å². The first-order chi connectivity index (χ1) is 8.61. The van der Waals surface area contributed by atoms with Crippen LogP contribution in [0.25, 0.3) is 6.08 Å². The Hall–Kier alpha value is -1.24. The Morgan fingerprint density at radius 2 is 1.68 bits per heavy atom. The van der Waals surface area contributed by atoms with E-state index in [0.717, 1.165) is 12.2 Å². The zero-order valence-electron chi connectivity index (χ0n) is 13.5. The fraction of sp³-hybridized carbons (Fsp3) is 0.556. The van der Waals surface area contributed by atoms with Crippen LogP contribution in [0.4, 0.5) is 0 Å². The Morgan fingerprint density at radius 3 is 2.16 bits per heavy atom. The summed E-state index contributed by atoms with van der Waals surface area (Å²) in [4.78, 5) is 0. The molecule has 106 valence electrons. The van der Waals surface area contributed by atoms with E-state index in [4.69, 9.17) is 4.74 Å². The largest absolute Gasteiger partial charge is 0.496 e. The topological polar surface area (TPSA) is 9.23 Å². The molecule has 1 aromatic carbocycles.